The summed E-state index contributed by atoms with van der Waals surface area (Å²) in [6, 6.07) is 7.92. The van der Waals surface area contributed by atoms with Crippen LogP contribution in [0.1, 0.15) is 37.1 Å². The molecule has 0 saturated carbocycles. The Hall–Kier alpha value is -0.890. The first-order valence-corrected chi connectivity index (χ1v) is 5.77. The minimum Gasteiger partial charge on any atom is -0.311 e. The molecule has 0 bridgehead atoms. The highest BCUT2D eigenvalue weighted by Gasteiger charge is 2.25. The van der Waals surface area contributed by atoms with Crippen molar-refractivity contribution in [1.82, 2.24) is 5.32 Å². The molecule has 0 aliphatic carbocycles. The van der Waals surface area contributed by atoms with Gasteiger partial charge in [-0.25, -0.2) is 4.39 Å². The minimum atomic E-state index is -0.848. The van der Waals surface area contributed by atoms with Gasteiger partial charge in [0.1, 0.15) is 6.17 Å². The van der Waals surface area contributed by atoms with E-state index in [1.807, 2.05) is 18.2 Å². The number of aryl methyl sites for hydroxylation is 1. The van der Waals surface area contributed by atoms with Gasteiger partial charge in [-0.1, -0.05) is 31.2 Å². The molecule has 2 rings (SSSR count). The number of alkyl halides is 1. The molecule has 1 nitrogen and oxygen atoms in total. The third-order valence-corrected chi connectivity index (χ3v) is 3.13. The van der Waals surface area contributed by atoms with E-state index in [2.05, 4.69) is 18.3 Å². The largest absolute Gasteiger partial charge is 0.311 e. The lowest BCUT2D eigenvalue weighted by Crippen LogP contribution is -2.26. The second-order valence-electron chi connectivity index (χ2n) is 4.20. The second kappa shape index (κ2) is 4.75. The minimum absolute atomic E-state index is 0.0251. The molecule has 2 unspecified atom stereocenters. The number of hydrogen-bond donors (Lipinski definition) is 1. The summed E-state index contributed by atoms with van der Waals surface area (Å²) in [5.41, 5.74) is 2.04. The first kappa shape index (κ1) is 10.6. The second-order valence-corrected chi connectivity index (χ2v) is 4.20. The normalized spacial score (nSPS) is 22.9. The first-order valence-electron chi connectivity index (χ1n) is 5.77. The zero-order valence-electron chi connectivity index (χ0n) is 9.17. The SMILES string of the molecule is CCc1cccc(C(F)C2CCCN2)c1. The van der Waals surface area contributed by atoms with Crippen molar-refractivity contribution in [3.63, 3.8) is 0 Å². The molecular formula is C13H18FN. The van der Waals surface area contributed by atoms with E-state index in [1.54, 1.807) is 0 Å². The lowest BCUT2D eigenvalue weighted by Gasteiger charge is -2.16. The fraction of sp³-hybridized carbons (Fsp3) is 0.538. The van der Waals surface area contributed by atoms with Crippen LogP contribution in [-0.4, -0.2) is 12.6 Å². The Morgan fingerprint density at radius 1 is 1.53 bits per heavy atom. The molecule has 1 aromatic carbocycles. The number of halogens is 1. The van der Waals surface area contributed by atoms with Gasteiger partial charge in [-0.05, 0) is 36.9 Å². The molecule has 0 amide bonds. The molecule has 0 spiro atoms. The summed E-state index contributed by atoms with van der Waals surface area (Å²) in [5, 5.41) is 3.22. The van der Waals surface area contributed by atoms with Gasteiger partial charge in [0.05, 0.1) is 0 Å². The third-order valence-electron chi connectivity index (χ3n) is 3.13. The van der Waals surface area contributed by atoms with Crippen molar-refractivity contribution in [2.45, 2.75) is 38.4 Å². The van der Waals surface area contributed by atoms with Crippen LogP contribution in [-0.2, 0) is 6.42 Å². The van der Waals surface area contributed by atoms with Crippen LogP contribution in [0.3, 0.4) is 0 Å². The van der Waals surface area contributed by atoms with E-state index in [4.69, 9.17) is 0 Å². The van der Waals surface area contributed by atoms with Gasteiger partial charge in [0.25, 0.3) is 0 Å². The maximum Gasteiger partial charge on any atom is 0.140 e. The summed E-state index contributed by atoms with van der Waals surface area (Å²) < 4.78 is 14.1. The molecule has 1 heterocycles. The topological polar surface area (TPSA) is 12.0 Å². The van der Waals surface area contributed by atoms with Crippen LogP contribution < -0.4 is 5.32 Å². The average Bonchev–Trinajstić information content (AvgIpc) is 2.81. The molecule has 1 N–H and O–H groups in total. The lowest BCUT2D eigenvalue weighted by atomic mass is 10.00. The quantitative estimate of drug-likeness (QED) is 0.803. The van der Waals surface area contributed by atoms with Crippen molar-refractivity contribution in [2.75, 3.05) is 6.54 Å². The van der Waals surface area contributed by atoms with Crippen molar-refractivity contribution < 1.29 is 4.39 Å². The van der Waals surface area contributed by atoms with E-state index in [-0.39, 0.29) is 6.04 Å². The van der Waals surface area contributed by atoms with Crippen LogP contribution in [0.2, 0.25) is 0 Å². The molecule has 82 valence electrons. The molecule has 1 saturated heterocycles. The van der Waals surface area contributed by atoms with Gasteiger partial charge in [0.2, 0.25) is 0 Å². The van der Waals surface area contributed by atoms with E-state index >= 15 is 0 Å². The highest BCUT2D eigenvalue weighted by Crippen LogP contribution is 2.27. The summed E-state index contributed by atoms with van der Waals surface area (Å²) in [4.78, 5) is 0. The smallest absolute Gasteiger partial charge is 0.140 e. The monoisotopic (exact) mass is 207 g/mol. The average molecular weight is 207 g/mol. The molecule has 0 radical (unpaired) electrons. The zero-order valence-corrected chi connectivity index (χ0v) is 9.17. The van der Waals surface area contributed by atoms with E-state index in [0.29, 0.717) is 0 Å². The maximum atomic E-state index is 14.1. The van der Waals surface area contributed by atoms with Crippen molar-refractivity contribution in [2.24, 2.45) is 0 Å². The van der Waals surface area contributed by atoms with Crippen molar-refractivity contribution in [3.8, 4) is 0 Å². The Morgan fingerprint density at radius 3 is 3.07 bits per heavy atom. The summed E-state index contributed by atoms with van der Waals surface area (Å²) in [5.74, 6) is 0. The molecule has 1 fully saturated rings. The number of benzene rings is 1. The van der Waals surface area contributed by atoms with E-state index in [0.717, 1.165) is 31.4 Å². The van der Waals surface area contributed by atoms with E-state index in [1.165, 1.54) is 5.56 Å². The van der Waals surface area contributed by atoms with Gasteiger partial charge in [-0.2, -0.15) is 0 Å². The molecule has 15 heavy (non-hydrogen) atoms. The van der Waals surface area contributed by atoms with Crippen LogP contribution in [0, 0.1) is 0 Å². The Bertz CT molecular complexity index is 318. The Labute approximate surface area is 90.7 Å². The van der Waals surface area contributed by atoms with Gasteiger partial charge in [0, 0.05) is 6.04 Å². The third kappa shape index (κ3) is 2.37. The molecular weight excluding hydrogens is 189 g/mol. The van der Waals surface area contributed by atoms with Gasteiger partial charge in [0.15, 0.2) is 0 Å². The zero-order chi connectivity index (χ0) is 10.7. The van der Waals surface area contributed by atoms with Gasteiger partial charge >= 0.3 is 0 Å². The highest BCUT2D eigenvalue weighted by atomic mass is 19.1. The van der Waals surface area contributed by atoms with E-state index in [9.17, 15) is 4.39 Å². The molecule has 1 aliphatic heterocycles. The van der Waals surface area contributed by atoms with Crippen LogP contribution in [0.15, 0.2) is 24.3 Å². The Balaban J connectivity index is 2.13. The van der Waals surface area contributed by atoms with Gasteiger partial charge < -0.3 is 5.32 Å². The number of rotatable bonds is 3. The van der Waals surface area contributed by atoms with Crippen molar-refractivity contribution >= 4 is 0 Å². The van der Waals surface area contributed by atoms with Crippen molar-refractivity contribution in [3.05, 3.63) is 35.4 Å². The molecule has 2 atom stereocenters. The molecule has 1 aromatic rings. The van der Waals surface area contributed by atoms with Crippen molar-refractivity contribution in [1.29, 1.82) is 0 Å². The number of hydrogen-bond acceptors (Lipinski definition) is 1. The Kier molecular flexibility index (Phi) is 3.37. The summed E-state index contributed by atoms with van der Waals surface area (Å²) >= 11 is 0. The maximum absolute atomic E-state index is 14.1. The number of nitrogens with one attached hydrogen (secondary N) is 1. The van der Waals surface area contributed by atoms with Crippen LogP contribution >= 0.6 is 0 Å². The van der Waals surface area contributed by atoms with Gasteiger partial charge in [-0.15, -0.1) is 0 Å². The standard InChI is InChI=1S/C13H18FN/c1-2-10-5-3-6-11(9-10)13(14)12-7-4-8-15-12/h3,5-6,9,12-13,15H,2,4,7-8H2,1H3. The summed E-state index contributed by atoms with van der Waals surface area (Å²) in [7, 11) is 0. The highest BCUT2D eigenvalue weighted by molar-refractivity contribution is 5.26. The fourth-order valence-corrected chi connectivity index (χ4v) is 2.18. The summed E-state index contributed by atoms with van der Waals surface area (Å²) in [6.45, 7) is 3.05. The molecule has 1 aliphatic rings. The lowest BCUT2D eigenvalue weighted by molar-refractivity contribution is 0.271. The predicted octanol–water partition coefficient (Wildman–Crippen LogP) is 3.01. The van der Waals surface area contributed by atoms with Gasteiger partial charge in [-0.3, -0.25) is 0 Å². The Morgan fingerprint density at radius 2 is 2.40 bits per heavy atom. The summed E-state index contributed by atoms with van der Waals surface area (Å²) in [6.07, 6.45) is 2.17. The fourth-order valence-electron chi connectivity index (χ4n) is 2.18. The van der Waals surface area contributed by atoms with Crippen LogP contribution in [0.5, 0.6) is 0 Å². The first-order chi connectivity index (χ1) is 7.31. The predicted molar refractivity (Wildman–Crippen MR) is 60.7 cm³/mol. The molecule has 0 aromatic heterocycles. The molecule has 2 heteroatoms. The van der Waals surface area contributed by atoms with E-state index < -0.39 is 6.17 Å². The van der Waals surface area contributed by atoms with Crippen LogP contribution in [0.4, 0.5) is 4.39 Å². The van der Waals surface area contributed by atoms with Crippen LogP contribution in [0.25, 0.3) is 0 Å².